The maximum Gasteiger partial charge on any atom is 0.306 e. The van der Waals surface area contributed by atoms with Gasteiger partial charge in [0.05, 0.1) is 0 Å². The molecule has 3 nitrogen and oxygen atoms in total. The third kappa shape index (κ3) is 5.38. The Kier molecular flexibility index (Phi) is 5.64. The number of hydrogen-bond acceptors (Lipinski definition) is 3. The average molecular weight is 255 g/mol. The maximum atomic E-state index is 11.8. The fourth-order valence-electron chi connectivity index (χ4n) is 3.08. The van der Waals surface area contributed by atoms with Gasteiger partial charge in [-0.25, -0.2) is 0 Å². The van der Waals surface area contributed by atoms with Crippen molar-refractivity contribution in [1.82, 2.24) is 0 Å². The van der Waals surface area contributed by atoms with Gasteiger partial charge in [-0.1, -0.05) is 27.7 Å². The highest BCUT2D eigenvalue weighted by Gasteiger charge is 2.33. The van der Waals surface area contributed by atoms with E-state index in [1.54, 1.807) is 0 Å². The van der Waals surface area contributed by atoms with Gasteiger partial charge in [0.1, 0.15) is 6.10 Å². The Bertz CT molecular complexity index is 276. The van der Waals surface area contributed by atoms with E-state index in [2.05, 4.69) is 27.7 Å². The molecule has 3 heteroatoms. The summed E-state index contributed by atoms with van der Waals surface area (Å²) < 4.78 is 5.61. The molecular formula is C15H29NO2. The van der Waals surface area contributed by atoms with E-state index in [9.17, 15) is 4.79 Å². The van der Waals surface area contributed by atoms with Crippen molar-refractivity contribution in [2.75, 3.05) is 6.54 Å². The first-order valence-electron chi connectivity index (χ1n) is 7.22. The Labute approximate surface area is 111 Å². The SMILES string of the molecule is CC(CN)CCC(=O)OC1CC(C)CC(C)(C)C1. The molecule has 0 aromatic heterocycles. The molecule has 18 heavy (non-hydrogen) atoms. The van der Waals surface area contributed by atoms with Crippen molar-refractivity contribution in [2.45, 2.75) is 65.9 Å². The third-order valence-electron chi connectivity index (χ3n) is 3.89. The fraction of sp³-hybridized carbons (Fsp3) is 0.933. The third-order valence-corrected chi connectivity index (χ3v) is 3.89. The maximum absolute atomic E-state index is 11.8. The van der Waals surface area contributed by atoms with Gasteiger partial charge in [0, 0.05) is 6.42 Å². The predicted molar refractivity (Wildman–Crippen MR) is 74.1 cm³/mol. The average Bonchev–Trinajstić information content (AvgIpc) is 2.22. The second kappa shape index (κ2) is 6.55. The number of esters is 1. The van der Waals surface area contributed by atoms with Crippen LogP contribution in [-0.4, -0.2) is 18.6 Å². The van der Waals surface area contributed by atoms with Crippen LogP contribution in [0.3, 0.4) is 0 Å². The lowest BCUT2D eigenvalue weighted by molar-refractivity contribution is -0.153. The van der Waals surface area contributed by atoms with Crippen molar-refractivity contribution in [3.8, 4) is 0 Å². The molecule has 1 aliphatic carbocycles. The Hall–Kier alpha value is -0.570. The molecule has 1 aliphatic rings. The molecule has 0 amide bonds. The Balaban J connectivity index is 2.35. The Morgan fingerprint density at radius 3 is 2.67 bits per heavy atom. The monoisotopic (exact) mass is 255 g/mol. The van der Waals surface area contributed by atoms with Crippen LogP contribution >= 0.6 is 0 Å². The lowest BCUT2D eigenvalue weighted by Crippen LogP contribution is -2.34. The Morgan fingerprint density at radius 1 is 1.44 bits per heavy atom. The molecule has 2 N–H and O–H groups in total. The second-order valence-electron chi connectivity index (χ2n) is 6.90. The largest absolute Gasteiger partial charge is 0.462 e. The first kappa shape index (κ1) is 15.5. The minimum atomic E-state index is -0.0507. The van der Waals surface area contributed by atoms with Crippen LogP contribution in [0, 0.1) is 17.3 Å². The van der Waals surface area contributed by atoms with Crippen molar-refractivity contribution in [3.05, 3.63) is 0 Å². The molecule has 3 atom stereocenters. The van der Waals surface area contributed by atoms with Gasteiger partial charge in [-0.15, -0.1) is 0 Å². The number of carbonyl (C=O) groups is 1. The van der Waals surface area contributed by atoms with E-state index < -0.39 is 0 Å². The number of nitrogens with two attached hydrogens (primary N) is 1. The van der Waals surface area contributed by atoms with E-state index in [4.69, 9.17) is 10.5 Å². The quantitative estimate of drug-likeness (QED) is 0.768. The number of carbonyl (C=O) groups excluding carboxylic acids is 1. The van der Waals surface area contributed by atoms with Gasteiger partial charge in [0.25, 0.3) is 0 Å². The zero-order chi connectivity index (χ0) is 13.8. The lowest BCUT2D eigenvalue weighted by atomic mass is 9.71. The van der Waals surface area contributed by atoms with E-state index >= 15 is 0 Å². The van der Waals surface area contributed by atoms with Crippen LogP contribution in [0.1, 0.15) is 59.8 Å². The van der Waals surface area contributed by atoms with Crippen molar-refractivity contribution < 1.29 is 9.53 Å². The van der Waals surface area contributed by atoms with Crippen LogP contribution in [0.5, 0.6) is 0 Å². The van der Waals surface area contributed by atoms with Gasteiger partial charge >= 0.3 is 5.97 Å². The molecule has 0 aliphatic heterocycles. The molecule has 106 valence electrons. The van der Waals surface area contributed by atoms with Crippen molar-refractivity contribution in [3.63, 3.8) is 0 Å². The molecule has 1 saturated carbocycles. The molecule has 3 unspecified atom stereocenters. The molecule has 0 aromatic carbocycles. The van der Waals surface area contributed by atoms with Crippen LogP contribution in [0.25, 0.3) is 0 Å². The van der Waals surface area contributed by atoms with Gasteiger partial charge in [-0.2, -0.15) is 0 Å². The van der Waals surface area contributed by atoms with Crippen LogP contribution in [0.15, 0.2) is 0 Å². The van der Waals surface area contributed by atoms with Crippen LogP contribution < -0.4 is 5.73 Å². The summed E-state index contributed by atoms with van der Waals surface area (Å²) in [5.74, 6) is 0.999. The minimum Gasteiger partial charge on any atom is -0.462 e. The molecule has 0 spiro atoms. The first-order chi connectivity index (χ1) is 8.32. The molecule has 0 radical (unpaired) electrons. The first-order valence-corrected chi connectivity index (χ1v) is 7.22. The van der Waals surface area contributed by atoms with Crippen LogP contribution in [0.4, 0.5) is 0 Å². The summed E-state index contributed by atoms with van der Waals surface area (Å²) in [5.41, 5.74) is 5.84. The summed E-state index contributed by atoms with van der Waals surface area (Å²) in [6.07, 6.45) is 4.69. The summed E-state index contributed by atoms with van der Waals surface area (Å²) in [6.45, 7) is 9.48. The second-order valence-corrected chi connectivity index (χ2v) is 6.90. The van der Waals surface area contributed by atoms with Gasteiger partial charge in [-0.3, -0.25) is 4.79 Å². The molecule has 0 bridgehead atoms. The standard InChI is InChI=1S/C15H29NO2/c1-11(10-16)5-6-14(17)18-13-7-12(2)8-15(3,4)9-13/h11-13H,5-10,16H2,1-4H3. The van der Waals surface area contributed by atoms with E-state index in [-0.39, 0.29) is 12.1 Å². The zero-order valence-corrected chi connectivity index (χ0v) is 12.4. The van der Waals surface area contributed by atoms with Crippen molar-refractivity contribution in [2.24, 2.45) is 23.0 Å². The van der Waals surface area contributed by atoms with Crippen molar-refractivity contribution in [1.29, 1.82) is 0 Å². The topological polar surface area (TPSA) is 52.3 Å². The van der Waals surface area contributed by atoms with Gasteiger partial charge in [-0.05, 0) is 49.5 Å². The highest BCUT2D eigenvalue weighted by molar-refractivity contribution is 5.69. The predicted octanol–water partition coefficient (Wildman–Crippen LogP) is 3.12. The van der Waals surface area contributed by atoms with Gasteiger partial charge < -0.3 is 10.5 Å². The lowest BCUT2D eigenvalue weighted by Gasteiger charge is -2.38. The summed E-state index contributed by atoms with van der Waals surface area (Å²) in [6, 6.07) is 0. The molecule has 1 fully saturated rings. The van der Waals surface area contributed by atoms with E-state index in [0.717, 1.165) is 19.3 Å². The van der Waals surface area contributed by atoms with Gasteiger partial charge in [0.15, 0.2) is 0 Å². The number of rotatable bonds is 5. The highest BCUT2D eigenvalue weighted by Crippen LogP contribution is 2.39. The fourth-order valence-corrected chi connectivity index (χ4v) is 3.08. The molecular weight excluding hydrogens is 226 g/mol. The normalized spacial score (nSPS) is 28.7. The summed E-state index contributed by atoms with van der Waals surface area (Å²) in [5, 5.41) is 0. The van der Waals surface area contributed by atoms with Crippen LogP contribution in [-0.2, 0) is 9.53 Å². The molecule has 0 heterocycles. The highest BCUT2D eigenvalue weighted by atomic mass is 16.5. The molecule has 0 aromatic rings. The van der Waals surface area contributed by atoms with E-state index in [1.807, 2.05) is 0 Å². The number of ether oxygens (including phenoxy) is 1. The van der Waals surface area contributed by atoms with E-state index in [0.29, 0.717) is 30.2 Å². The van der Waals surface area contributed by atoms with E-state index in [1.165, 1.54) is 6.42 Å². The summed E-state index contributed by atoms with van der Waals surface area (Å²) >= 11 is 0. The molecule has 0 saturated heterocycles. The summed E-state index contributed by atoms with van der Waals surface area (Å²) in [4.78, 5) is 11.8. The summed E-state index contributed by atoms with van der Waals surface area (Å²) in [7, 11) is 0. The smallest absolute Gasteiger partial charge is 0.306 e. The van der Waals surface area contributed by atoms with Gasteiger partial charge in [0.2, 0.25) is 0 Å². The zero-order valence-electron chi connectivity index (χ0n) is 12.4. The van der Waals surface area contributed by atoms with Crippen molar-refractivity contribution >= 4 is 5.97 Å². The minimum absolute atomic E-state index is 0.0507. The Morgan fingerprint density at radius 2 is 2.11 bits per heavy atom. The number of hydrogen-bond donors (Lipinski definition) is 1. The molecule has 1 rings (SSSR count). The van der Waals surface area contributed by atoms with Crippen LogP contribution in [0.2, 0.25) is 0 Å².